The lowest BCUT2D eigenvalue weighted by atomic mass is 9.99. The predicted molar refractivity (Wildman–Crippen MR) is 65.1 cm³/mol. The van der Waals surface area contributed by atoms with Crippen molar-refractivity contribution in [2.24, 2.45) is 5.92 Å². The molecule has 0 aromatic heterocycles. The van der Waals surface area contributed by atoms with E-state index >= 15 is 0 Å². The largest absolute Gasteiger partial charge is 0.309 e. The summed E-state index contributed by atoms with van der Waals surface area (Å²) in [6.07, 6.45) is 0. The predicted octanol–water partition coefficient (Wildman–Crippen LogP) is 1.98. The van der Waals surface area contributed by atoms with Gasteiger partial charge in [0.05, 0.1) is 4.92 Å². The highest BCUT2D eigenvalue weighted by molar-refractivity contribution is 5.98. The minimum atomic E-state index is -0.493. The lowest BCUT2D eigenvalue weighted by Gasteiger charge is -2.15. The molecule has 0 spiro atoms. The van der Waals surface area contributed by atoms with E-state index in [9.17, 15) is 14.9 Å². The molecule has 0 radical (unpaired) electrons. The van der Waals surface area contributed by atoms with Crippen molar-refractivity contribution in [1.82, 2.24) is 4.90 Å². The third-order valence-corrected chi connectivity index (χ3v) is 2.43. The summed E-state index contributed by atoms with van der Waals surface area (Å²) in [4.78, 5) is 24.0. The number of ketones is 1. The van der Waals surface area contributed by atoms with Gasteiger partial charge in [-0.3, -0.25) is 14.9 Å². The molecular weight excluding hydrogens is 220 g/mol. The van der Waals surface area contributed by atoms with Gasteiger partial charge in [0.1, 0.15) is 0 Å². The number of carbonyl (C=O) groups excluding carboxylic acids is 1. The third-order valence-electron chi connectivity index (χ3n) is 2.43. The number of hydrogen-bond donors (Lipinski definition) is 0. The number of nitro groups is 1. The van der Waals surface area contributed by atoms with Crippen LogP contribution in [0.1, 0.15) is 17.3 Å². The average molecular weight is 236 g/mol. The fourth-order valence-corrected chi connectivity index (χ4v) is 1.69. The number of nitrogens with zero attached hydrogens (tertiary/aromatic N) is 2. The van der Waals surface area contributed by atoms with Crippen molar-refractivity contribution in [1.29, 1.82) is 0 Å². The summed E-state index contributed by atoms with van der Waals surface area (Å²) in [6.45, 7) is 2.45. The van der Waals surface area contributed by atoms with Crippen molar-refractivity contribution in [3.63, 3.8) is 0 Å². The number of non-ortho nitro benzene ring substituents is 1. The minimum absolute atomic E-state index is 0.0482. The van der Waals surface area contributed by atoms with Crippen LogP contribution in [0.15, 0.2) is 24.3 Å². The Kier molecular flexibility index (Phi) is 4.34. The molecule has 1 aromatic rings. The Labute approximate surface area is 100 Å². The SMILES string of the molecule is CC(CN(C)C)C(=O)c1cccc([N+](=O)[O-])c1. The number of Topliss-reactive ketones (excluding diaryl/α,β-unsaturated/α-hetero) is 1. The van der Waals surface area contributed by atoms with Gasteiger partial charge in [-0.2, -0.15) is 0 Å². The van der Waals surface area contributed by atoms with Gasteiger partial charge in [0.15, 0.2) is 5.78 Å². The van der Waals surface area contributed by atoms with Crippen LogP contribution in [0.5, 0.6) is 0 Å². The first-order valence-corrected chi connectivity index (χ1v) is 5.35. The molecule has 1 unspecified atom stereocenters. The molecular formula is C12H16N2O3. The van der Waals surface area contributed by atoms with Crippen molar-refractivity contribution in [3.05, 3.63) is 39.9 Å². The van der Waals surface area contributed by atoms with E-state index in [1.165, 1.54) is 18.2 Å². The summed E-state index contributed by atoms with van der Waals surface area (Å²) < 4.78 is 0. The molecule has 0 saturated heterocycles. The van der Waals surface area contributed by atoms with Crippen LogP contribution >= 0.6 is 0 Å². The van der Waals surface area contributed by atoms with Crippen LogP contribution in [-0.4, -0.2) is 36.2 Å². The quantitative estimate of drug-likeness (QED) is 0.445. The van der Waals surface area contributed by atoms with Crippen molar-refractivity contribution >= 4 is 11.5 Å². The molecule has 0 saturated carbocycles. The van der Waals surface area contributed by atoms with Crippen LogP contribution in [0.4, 0.5) is 5.69 Å². The molecule has 1 aromatic carbocycles. The molecule has 0 amide bonds. The van der Waals surface area contributed by atoms with Crippen LogP contribution in [0.25, 0.3) is 0 Å². The van der Waals surface area contributed by atoms with E-state index < -0.39 is 4.92 Å². The van der Waals surface area contributed by atoms with E-state index in [1.54, 1.807) is 6.07 Å². The summed E-state index contributed by atoms with van der Waals surface area (Å²) >= 11 is 0. The smallest absolute Gasteiger partial charge is 0.270 e. The summed E-state index contributed by atoms with van der Waals surface area (Å²) in [5.74, 6) is -0.241. The van der Waals surface area contributed by atoms with Crippen LogP contribution in [0, 0.1) is 16.0 Å². The Hall–Kier alpha value is -1.75. The number of rotatable bonds is 5. The summed E-state index contributed by atoms with van der Waals surface area (Å²) in [7, 11) is 3.77. The molecule has 0 fully saturated rings. The van der Waals surface area contributed by atoms with Crippen molar-refractivity contribution < 1.29 is 9.72 Å². The van der Waals surface area contributed by atoms with E-state index in [4.69, 9.17) is 0 Å². The van der Waals surface area contributed by atoms with E-state index in [-0.39, 0.29) is 17.4 Å². The standard InChI is InChI=1S/C12H16N2O3/c1-9(8-13(2)3)12(15)10-5-4-6-11(7-10)14(16)17/h4-7,9H,8H2,1-3H3. The molecule has 1 atom stereocenters. The van der Waals surface area contributed by atoms with Crippen LogP contribution in [0.2, 0.25) is 0 Å². The Morgan fingerprint density at radius 1 is 1.47 bits per heavy atom. The average Bonchev–Trinajstić information content (AvgIpc) is 2.27. The summed E-state index contributed by atoms with van der Waals surface area (Å²) in [6, 6.07) is 5.86. The second-order valence-electron chi connectivity index (χ2n) is 4.33. The van der Waals surface area contributed by atoms with Crippen LogP contribution < -0.4 is 0 Å². The van der Waals surface area contributed by atoms with Gasteiger partial charge in [-0.25, -0.2) is 0 Å². The highest BCUT2D eigenvalue weighted by Crippen LogP contribution is 2.16. The van der Waals surface area contributed by atoms with Gasteiger partial charge in [-0.05, 0) is 14.1 Å². The Balaban J connectivity index is 2.89. The van der Waals surface area contributed by atoms with Crippen molar-refractivity contribution in [2.75, 3.05) is 20.6 Å². The minimum Gasteiger partial charge on any atom is -0.309 e. The Morgan fingerprint density at radius 3 is 2.65 bits per heavy atom. The Morgan fingerprint density at radius 2 is 2.12 bits per heavy atom. The zero-order valence-electron chi connectivity index (χ0n) is 10.2. The molecule has 0 aliphatic carbocycles. The molecule has 0 aliphatic heterocycles. The first-order valence-electron chi connectivity index (χ1n) is 5.35. The fourth-order valence-electron chi connectivity index (χ4n) is 1.69. The van der Waals surface area contributed by atoms with Gasteiger partial charge in [0.25, 0.3) is 5.69 Å². The number of benzene rings is 1. The highest BCUT2D eigenvalue weighted by Gasteiger charge is 2.18. The number of nitro benzene ring substituents is 1. The zero-order chi connectivity index (χ0) is 13.0. The molecule has 5 heteroatoms. The van der Waals surface area contributed by atoms with Gasteiger partial charge < -0.3 is 4.90 Å². The molecule has 1 rings (SSSR count). The van der Waals surface area contributed by atoms with Gasteiger partial charge in [-0.15, -0.1) is 0 Å². The van der Waals surface area contributed by atoms with Crippen molar-refractivity contribution in [2.45, 2.75) is 6.92 Å². The zero-order valence-corrected chi connectivity index (χ0v) is 10.2. The van der Waals surface area contributed by atoms with Gasteiger partial charge in [-0.1, -0.05) is 19.1 Å². The van der Waals surface area contributed by atoms with Gasteiger partial charge >= 0.3 is 0 Å². The summed E-state index contributed by atoms with van der Waals surface area (Å²) in [5, 5.41) is 10.6. The number of carbonyl (C=O) groups is 1. The maximum absolute atomic E-state index is 12.0. The second-order valence-corrected chi connectivity index (χ2v) is 4.33. The molecule has 0 N–H and O–H groups in total. The normalized spacial score (nSPS) is 12.5. The molecule has 17 heavy (non-hydrogen) atoms. The fraction of sp³-hybridized carbons (Fsp3) is 0.417. The highest BCUT2D eigenvalue weighted by atomic mass is 16.6. The first kappa shape index (κ1) is 13.3. The Bertz CT molecular complexity index is 430. The second kappa shape index (κ2) is 5.54. The maximum Gasteiger partial charge on any atom is 0.270 e. The lowest BCUT2D eigenvalue weighted by molar-refractivity contribution is -0.384. The van der Waals surface area contributed by atoms with E-state index in [2.05, 4.69) is 0 Å². The lowest BCUT2D eigenvalue weighted by Crippen LogP contribution is -2.25. The summed E-state index contributed by atoms with van der Waals surface area (Å²) in [5.41, 5.74) is 0.349. The van der Waals surface area contributed by atoms with E-state index in [0.29, 0.717) is 12.1 Å². The monoisotopic (exact) mass is 236 g/mol. The molecule has 92 valence electrons. The van der Waals surface area contributed by atoms with Gasteiger partial charge in [0, 0.05) is 30.2 Å². The molecule has 0 heterocycles. The van der Waals surface area contributed by atoms with Gasteiger partial charge in [0.2, 0.25) is 0 Å². The molecule has 0 aliphatic rings. The van der Waals surface area contributed by atoms with Crippen LogP contribution in [-0.2, 0) is 0 Å². The van der Waals surface area contributed by atoms with Crippen molar-refractivity contribution in [3.8, 4) is 0 Å². The maximum atomic E-state index is 12.0. The number of hydrogen-bond acceptors (Lipinski definition) is 4. The van der Waals surface area contributed by atoms with E-state index in [1.807, 2.05) is 25.9 Å². The van der Waals surface area contributed by atoms with E-state index in [0.717, 1.165) is 0 Å². The first-order chi connectivity index (χ1) is 7.91. The van der Waals surface area contributed by atoms with Crippen LogP contribution in [0.3, 0.4) is 0 Å². The topological polar surface area (TPSA) is 63.5 Å². The molecule has 0 bridgehead atoms. The third kappa shape index (κ3) is 3.64. The molecule has 5 nitrogen and oxygen atoms in total.